The highest BCUT2D eigenvalue weighted by Crippen LogP contribution is 2.29. The fourth-order valence-electron chi connectivity index (χ4n) is 2.45. The summed E-state index contributed by atoms with van der Waals surface area (Å²) in [6.45, 7) is 1.87. The van der Waals surface area contributed by atoms with Gasteiger partial charge in [0.2, 0.25) is 11.8 Å². The summed E-state index contributed by atoms with van der Waals surface area (Å²) >= 11 is 7.25. The van der Waals surface area contributed by atoms with Crippen molar-refractivity contribution in [1.29, 1.82) is 0 Å². The van der Waals surface area contributed by atoms with E-state index >= 15 is 0 Å². The molecule has 1 fully saturated rings. The van der Waals surface area contributed by atoms with Crippen molar-refractivity contribution in [3.63, 3.8) is 0 Å². The third-order valence-electron chi connectivity index (χ3n) is 4.03. The molecule has 2 aromatic carbocycles. The highest BCUT2D eigenvalue weighted by Gasteiger charge is 2.34. The monoisotopic (exact) mass is 405 g/mol. The smallest absolute Gasteiger partial charge is 0.238 e. The summed E-state index contributed by atoms with van der Waals surface area (Å²) < 4.78 is 13.4. The highest BCUT2D eigenvalue weighted by molar-refractivity contribution is 8.15. The fraction of sp³-hybridized carbons (Fsp3) is 0.211. The molecule has 1 saturated heterocycles. The van der Waals surface area contributed by atoms with Crippen molar-refractivity contribution in [2.24, 2.45) is 4.99 Å². The average molecular weight is 406 g/mol. The van der Waals surface area contributed by atoms with Gasteiger partial charge in [-0.1, -0.05) is 35.5 Å². The lowest BCUT2D eigenvalue weighted by atomic mass is 10.2. The number of hydrogen-bond acceptors (Lipinski definition) is 4. The molecule has 1 unspecified atom stereocenters. The van der Waals surface area contributed by atoms with Crippen LogP contribution in [0, 0.1) is 12.7 Å². The minimum atomic E-state index is -0.638. The minimum Gasteiger partial charge on any atom is -0.325 e. The van der Waals surface area contributed by atoms with E-state index in [1.807, 2.05) is 13.0 Å². The van der Waals surface area contributed by atoms with Crippen molar-refractivity contribution in [1.82, 2.24) is 4.90 Å². The predicted molar refractivity (Wildman–Crippen MR) is 107 cm³/mol. The van der Waals surface area contributed by atoms with Crippen LogP contribution >= 0.6 is 23.4 Å². The van der Waals surface area contributed by atoms with E-state index in [0.717, 1.165) is 5.56 Å². The van der Waals surface area contributed by atoms with Crippen molar-refractivity contribution < 1.29 is 14.0 Å². The van der Waals surface area contributed by atoms with E-state index < -0.39 is 11.1 Å². The van der Waals surface area contributed by atoms with Crippen LogP contribution in [0.25, 0.3) is 0 Å². The van der Waals surface area contributed by atoms with Crippen LogP contribution in [0.1, 0.15) is 12.0 Å². The fourth-order valence-corrected chi connectivity index (χ4v) is 3.69. The molecule has 1 atom stereocenters. The molecule has 0 bridgehead atoms. The predicted octanol–water partition coefficient (Wildman–Crippen LogP) is 4.38. The number of anilines is 1. The topological polar surface area (TPSA) is 61.8 Å². The maximum absolute atomic E-state index is 13.4. The number of thioether (sulfide) groups is 1. The lowest BCUT2D eigenvalue weighted by Gasteiger charge is -2.28. The molecule has 0 aromatic heterocycles. The molecule has 1 N–H and O–H groups in total. The lowest BCUT2D eigenvalue weighted by molar-refractivity contribution is -0.128. The zero-order chi connectivity index (χ0) is 19.6. The largest absolute Gasteiger partial charge is 0.325 e. The molecule has 2 amide bonds. The summed E-state index contributed by atoms with van der Waals surface area (Å²) in [6.07, 6.45) is 0.0504. The van der Waals surface area contributed by atoms with Crippen LogP contribution in [0.5, 0.6) is 0 Å². The van der Waals surface area contributed by atoms with Crippen molar-refractivity contribution in [2.75, 3.05) is 12.4 Å². The summed E-state index contributed by atoms with van der Waals surface area (Å²) in [5.41, 5.74) is 1.85. The van der Waals surface area contributed by atoms with E-state index in [2.05, 4.69) is 10.3 Å². The van der Waals surface area contributed by atoms with Gasteiger partial charge in [-0.25, -0.2) is 9.38 Å². The first-order chi connectivity index (χ1) is 12.8. The Kier molecular flexibility index (Phi) is 5.82. The number of halogens is 2. The summed E-state index contributed by atoms with van der Waals surface area (Å²) in [4.78, 5) is 30.6. The van der Waals surface area contributed by atoms with Gasteiger partial charge in [-0.2, -0.15) is 0 Å². The maximum Gasteiger partial charge on any atom is 0.238 e. The zero-order valence-corrected chi connectivity index (χ0v) is 16.3. The van der Waals surface area contributed by atoms with E-state index in [0.29, 0.717) is 21.6 Å². The third kappa shape index (κ3) is 4.67. The van der Waals surface area contributed by atoms with Gasteiger partial charge in [0.15, 0.2) is 5.17 Å². The maximum atomic E-state index is 13.4. The Labute approximate surface area is 165 Å². The molecule has 1 aliphatic rings. The second-order valence-electron chi connectivity index (χ2n) is 6.09. The minimum absolute atomic E-state index is 0.0504. The molecule has 0 saturated carbocycles. The Morgan fingerprint density at radius 2 is 2.11 bits per heavy atom. The third-order valence-corrected chi connectivity index (χ3v) is 5.68. The number of benzene rings is 2. The van der Waals surface area contributed by atoms with Crippen LogP contribution in [0.2, 0.25) is 5.02 Å². The number of hydrogen-bond donors (Lipinski definition) is 1. The number of amidine groups is 1. The van der Waals surface area contributed by atoms with Crippen molar-refractivity contribution >= 4 is 51.7 Å². The summed E-state index contributed by atoms with van der Waals surface area (Å²) in [5, 5.41) is 3.04. The first kappa shape index (κ1) is 19.4. The van der Waals surface area contributed by atoms with Crippen LogP contribution in [0.15, 0.2) is 47.5 Å². The molecule has 140 valence electrons. The second kappa shape index (κ2) is 8.10. The van der Waals surface area contributed by atoms with Gasteiger partial charge in [0.05, 0.1) is 5.69 Å². The van der Waals surface area contributed by atoms with Crippen LogP contribution in [0.3, 0.4) is 0 Å². The van der Waals surface area contributed by atoms with E-state index in [9.17, 15) is 14.0 Å². The number of aryl methyl sites for hydroxylation is 1. The normalized spacial score (nSPS) is 18.7. The molecule has 3 rings (SSSR count). The van der Waals surface area contributed by atoms with Gasteiger partial charge in [-0.3, -0.25) is 14.5 Å². The first-order valence-electron chi connectivity index (χ1n) is 8.18. The van der Waals surface area contributed by atoms with E-state index in [4.69, 9.17) is 11.6 Å². The Morgan fingerprint density at radius 1 is 1.33 bits per heavy atom. The van der Waals surface area contributed by atoms with E-state index in [-0.39, 0.29) is 18.2 Å². The first-order valence-corrected chi connectivity index (χ1v) is 9.44. The van der Waals surface area contributed by atoms with Crippen molar-refractivity contribution in [3.8, 4) is 0 Å². The summed E-state index contributed by atoms with van der Waals surface area (Å²) in [6, 6.07) is 11.0. The Hall–Kier alpha value is -2.38. The number of carbonyl (C=O) groups excluding carboxylic acids is 2. The number of nitrogens with zero attached hydrogens (tertiary/aromatic N) is 2. The van der Waals surface area contributed by atoms with Gasteiger partial charge in [0.25, 0.3) is 0 Å². The van der Waals surface area contributed by atoms with E-state index in [1.165, 1.54) is 34.9 Å². The van der Waals surface area contributed by atoms with Crippen LogP contribution in [0.4, 0.5) is 15.8 Å². The molecular formula is C19H17ClFN3O2S. The number of rotatable bonds is 3. The molecule has 0 spiro atoms. The Bertz CT molecular complexity index is 935. The Balaban J connectivity index is 1.78. The number of carbonyl (C=O) groups is 2. The zero-order valence-electron chi connectivity index (χ0n) is 14.7. The molecule has 2 aromatic rings. The molecule has 8 heteroatoms. The van der Waals surface area contributed by atoms with Crippen LogP contribution in [-0.2, 0) is 9.59 Å². The molecule has 27 heavy (non-hydrogen) atoms. The Morgan fingerprint density at radius 3 is 2.81 bits per heavy atom. The molecule has 5 nitrogen and oxygen atoms in total. The number of nitrogens with one attached hydrogen (secondary N) is 1. The summed E-state index contributed by atoms with van der Waals surface area (Å²) in [5.74, 6) is -0.962. The highest BCUT2D eigenvalue weighted by atomic mass is 35.5. The van der Waals surface area contributed by atoms with Crippen molar-refractivity contribution in [2.45, 2.75) is 18.6 Å². The van der Waals surface area contributed by atoms with Crippen LogP contribution < -0.4 is 5.32 Å². The standard InChI is InChI=1S/C19H17ClFN3O2S/c1-11-6-7-14(9-15(11)20)22-18(26)16-10-17(25)24(2)19(27-16)23-13-5-3-4-12(21)8-13/h3-9,16H,10H2,1-2H3,(H,22,26). The van der Waals surface area contributed by atoms with Gasteiger partial charge in [0.1, 0.15) is 11.1 Å². The second-order valence-corrected chi connectivity index (χ2v) is 7.67. The average Bonchev–Trinajstić information content (AvgIpc) is 2.62. The van der Waals surface area contributed by atoms with Crippen molar-refractivity contribution in [3.05, 3.63) is 58.9 Å². The quantitative estimate of drug-likeness (QED) is 0.824. The number of aliphatic imine (C=N–C) groups is 1. The number of amides is 2. The molecule has 0 radical (unpaired) electrons. The SMILES string of the molecule is Cc1ccc(NC(=O)C2CC(=O)N(C)C(=Nc3cccc(F)c3)S2)cc1Cl. The van der Waals surface area contributed by atoms with Gasteiger partial charge in [-0.15, -0.1) is 0 Å². The van der Waals surface area contributed by atoms with Crippen LogP contribution in [-0.4, -0.2) is 34.2 Å². The lowest BCUT2D eigenvalue weighted by Crippen LogP contribution is -2.43. The van der Waals surface area contributed by atoms with Gasteiger partial charge in [-0.05, 0) is 42.8 Å². The summed E-state index contributed by atoms with van der Waals surface area (Å²) in [7, 11) is 1.58. The van der Waals surface area contributed by atoms with Gasteiger partial charge < -0.3 is 5.32 Å². The van der Waals surface area contributed by atoms with Gasteiger partial charge in [0, 0.05) is 24.2 Å². The molecule has 0 aliphatic carbocycles. The van der Waals surface area contributed by atoms with E-state index in [1.54, 1.807) is 25.2 Å². The molecular weight excluding hydrogens is 389 g/mol. The van der Waals surface area contributed by atoms with Gasteiger partial charge >= 0.3 is 0 Å². The molecule has 1 heterocycles. The molecule has 1 aliphatic heterocycles.